The number of nitrogens with one attached hydrogen (secondary N) is 1. The average molecular weight is 588 g/mol. The molecule has 0 spiro atoms. The van der Waals surface area contributed by atoms with E-state index in [1.807, 2.05) is 68.4 Å². The summed E-state index contributed by atoms with van der Waals surface area (Å²) in [5.41, 5.74) is 3.97. The molecule has 3 atom stereocenters. The molecule has 3 aromatic rings. The Kier molecular flexibility index (Phi) is 9.91. The molecule has 5 rings (SSSR count). The van der Waals surface area contributed by atoms with Crippen molar-refractivity contribution >= 4 is 23.4 Å². The minimum Gasteiger partial charge on any atom is -0.394 e. The Bertz CT molecular complexity index is 1410. The number of likely N-dealkylation sites (N-methyl/N-ethyl adjacent to an activating group) is 1. The lowest BCUT2D eigenvalue weighted by Gasteiger charge is -2.35. The number of amides is 3. The number of benzene rings is 2. The lowest BCUT2D eigenvalue weighted by molar-refractivity contribution is -0.0178. The average Bonchev–Trinajstić information content (AvgIpc) is 3.06. The van der Waals surface area contributed by atoms with Crippen LogP contribution in [0.15, 0.2) is 66.9 Å². The topological polar surface area (TPSA) is 107 Å². The molecule has 0 bridgehead atoms. The number of anilines is 2. The number of pyridine rings is 1. The van der Waals surface area contributed by atoms with Gasteiger partial charge in [-0.1, -0.05) is 49.4 Å². The smallest absolute Gasteiger partial charge is 0.321 e. The summed E-state index contributed by atoms with van der Waals surface area (Å²) in [7, 11) is 1.74. The maximum Gasteiger partial charge on any atom is 0.321 e. The van der Waals surface area contributed by atoms with Gasteiger partial charge in [-0.3, -0.25) is 4.79 Å². The standard InChI is InChI=1S/C33H41N5O5/c1-23-19-38(24(2)21-39)32(40)29-11-7-6-10-28(29)27-9-5-4-8-25(27)22-43-30(23)20-36(3)33(41)35-26-12-13-34-31(18-26)37-14-16-42-17-15-37/h4-13,18,23-24,30,39H,14-17,19-22H2,1-3H3,(H,34,35,41)/t23-,24+,30-/m1/s1. The molecule has 43 heavy (non-hydrogen) atoms. The molecular weight excluding hydrogens is 546 g/mol. The second kappa shape index (κ2) is 14.0. The molecule has 2 aliphatic heterocycles. The second-order valence-corrected chi connectivity index (χ2v) is 11.3. The highest BCUT2D eigenvalue weighted by Gasteiger charge is 2.31. The molecule has 1 aromatic heterocycles. The fraction of sp³-hybridized carbons (Fsp3) is 0.424. The van der Waals surface area contributed by atoms with Crippen molar-refractivity contribution in [3.63, 3.8) is 0 Å². The lowest BCUT2D eigenvalue weighted by Crippen LogP contribution is -2.48. The summed E-state index contributed by atoms with van der Waals surface area (Å²) in [6, 6.07) is 18.5. The monoisotopic (exact) mass is 587 g/mol. The van der Waals surface area contributed by atoms with Crippen LogP contribution >= 0.6 is 0 Å². The lowest BCUT2D eigenvalue weighted by atomic mass is 9.94. The quantitative estimate of drug-likeness (QED) is 0.447. The van der Waals surface area contributed by atoms with Crippen LogP contribution in [0.4, 0.5) is 16.3 Å². The number of aliphatic hydroxyl groups is 1. The summed E-state index contributed by atoms with van der Waals surface area (Å²) in [6.45, 7) is 7.50. The molecule has 2 N–H and O–H groups in total. The summed E-state index contributed by atoms with van der Waals surface area (Å²) in [4.78, 5) is 37.3. The zero-order chi connectivity index (χ0) is 30.3. The van der Waals surface area contributed by atoms with Gasteiger partial charge in [0, 0.05) is 62.7 Å². The third-order valence-electron chi connectivity index (χ3n) is 8.23. The van der Waals surface area contributed by atoms with Gasteiger partial charge in [-0.2, -0.15) is 0 Å². The summed E-state index contributed by atoms with van der Waals surface area (Å²) in [6.07, 6.45) is 1.31. The largest absolute Gasteiger partial charge is 0.394 e. The van der Waals surface area contributed by atoms with Gasteiger partial charge in [-0.25, -0.2) is 9.78 Å². The number of ether oxygens (including phenoxy) is 2. The van der Waals surface area contributed by atoms with Crippen LogP contribution < -0.4 is 10.2 Å². The number of morpholine rings is 1. The van der Waals surface area contributed by atoms with Crippen LogP contribution in [0.25, 0.3) is 11.1 Å². The number of carbonyl (C=O) groups excluding carboxylic acids is 2. The molecule has 1 fully saturated rings. The molecule has 2 aromatic carbocycles. The first kappa shape index (κ1) is 30.5. The van der Waals surface area contributed by atoms with Crippen molar-refractivity contribution < 1.29 is 24.2 Å². The number of aromatic nitrogens is 1. The third kappa shape index (κ3) is 7.15. The van der Waals surface area contributed by atoms with Crippen LogP contribution in [0, 0.1) is 5.92 Å². The highest BCUT2D eigenvalue weighted by molar-refractivity contribution is 6.01. The third-order valence-corrected chi connectivity index (χ3v) is 8.23. The Morgan fingerprint density at radius 2 is 1.79 bits per heavy atom. The summed E-state index contributed by atoms with van der Waals surface area (Å²) >= 11 is 0. The number of rotatable bonds is 6. The molecule has 1 saturated heterocycles. The van der Waals surface area contributed by atoms with Crippen molar-refractivity contribution in [2.45, 2.75) is 32.6 Å². The van der Waals surface area contributed by atoms with Gasteiger partial charge in [0.05, 0.1) is 38.6 Å². The van der Waals surface area contributed by atoms with E-state index in [2.05, 4.69) is 15.2 Å². The van der Waals surface area contributed by atoms with E-state index in [9.17, 15) is 14.7 Å². The number of fused-ring (bicyclic) bond motifs is 3. The number of hydrogen-bond acceptors (Lipinski definition) is 7. The highest BCUT2D eigenvalue weighted by atomic mass is 16.5. The van der Waals surface area contributed by atoms with Crippen molar-refractivity contribution in [2.75, 3.05) is 63.3 Å². The second-order valence-electron chi connectivity index (χ2n) is 11.3. The molecular formula is C33H41N5O5. The van der Waals surface area contributed by atoms with Crippen LogP contribution in [0.2, 0.25) is 0 Å². The van der Waals surface area contributed by atoms with Crippen LogP contribution in [-0.2, 0) is 16.1 Å². The first-order chi connectivity index (χ1) is 20.9. The Morgan fingerprint density at radius 1 is 1.09 bits per heavy atom. The van der Waals surface area contributed by atoms with Gasteiger partial charge >= 0.3 is 6.03 Å². The van der Waals surface area contributed by atoms with E-state index >= 15 is 0 Å². The SMILES string of the molecule is C[C@@H]1CN([C@@H](C)CO)C(=O)c2ccccc2-c2ccccc2CO[C@@H]1CN(C)C(=O)Nc1ccnc(N2CCOCC2)c1. The van der Waals surface area contributed by atoms with Crippen LogP contribution in [0.1, 0.15) is 29.8 Å². The zero-order valence-electron chi connectivity index (χ0n) is 25.1. The predicted octanol–water partition coefficient (Wildman–Crippen LogP) is 4.11. The molecule has 3 amide bonds. The van der Waals surface area contributed by atoms with E-state index in [0.717, 1.165) is 35.6 Å². The van der Waals surface area contributed by atoms with E-state index in [1.165, 1.54) is 0 Å². The van der Waals surface area contributed by atoms with E-state index in [0.29, 0.717) is 44.2 Å². The normalized spacial score (nSPS) is 20.0. The van der Waals surface area contributed by atoms with Gasteiger partial charge in [-0.15, -0.1) is 0 Å². The number of hydrogen-bond donors (Lipinski definition) is 2. The molecule has 0 unspecified atom stereocenters. The minimum absolute atomic E-state index is 0.139. The molecule has 0 saturated carbocycles. The first-order valence-electron chi connectivity index (χ1n) is 14.9. The summed E-state index contributed by atoms with van der Waals surface area (Å²) < 4.78 is 12.0. The zero-order valence-corrected chi connectivity index (χ0v) is 25.1. The number of urea groups is 1. The van der Waals surface area contributed by atoms with Gasteiger partial charge in [0.1, 0.15) is 5.82 Å². The molecule has 0 aliphatic carbocycles. The Balaban J connectivity index is 1.37. The maximum absolute atomic E-state index is 14.0. The van der Waals surface area contributed by atoms with Crippen molar-refractivity contribution in [1.29, 1.82) is 0 Å². The number of carbonyl (C=O) groups is 2. The fourth-order valence-corrected chi connectivity index (χ4v) is 5.58. The van der Waals surface area contributed by atoms with Gasteiger partial charge in [0.25, 0.3) is 5.91 Å². The first-order valence-corrected chi connectivity index (χ1v) is 14.9. The molecule has 10 heteroatoms. The van der Waals surface area contributed by atoms with Gasteiger partial charge in [0.15, 0.2) is 0 Å². The van der Waals surface area contributed by atoms with Crippen LogP contribution in [0.3, 0.4) is 0 Å². The number of nitrogens with zero attached hydrogens (tertiary/aromatic N) is 4. The molecule has 228 valence electrons. The number of aliphatic hydroxyl groups excluding tert-OH is 1. The van der Waals surface area contributed by atoms with Crippen LogP contribution in [0.5, 0.6) is 0 Å². The molecule has 3 heterocycles. The van der Waals surface area contributed by atoms with Crippen molar-refractivity contribution in [3.05, 3.63) is 78.0 Å². The van der Waals surface area contributed by atoms with E-state index in [-0.39, 0.29) is 30.6 Å². The van der Waals surface area contributed by atoms with Gasteiger partial charge in [-0.05, 0) is 35.7 Å². The van der Waals surface area contributed by atoms with E-state index in [4.69, 9.17) is 9.47 Å². The minimum atomic E-state index is -0.395. The van der Waals surface area contributed by atoms with Crippen molar-refractivity contribution in [1.82, 2.24) is 14.8 Å². The van der Waals surface area contributed by atoms with Crippen molar-refractivity contribution in [2.24, 2.45) is 5.92 Å². The van der Waals surface area contributed by atoms with E-state index < -0.39 is 6.04 Å². The highest BCUT2D eigenvalue weighted by Crippen LogP contribution is 2.31. The Morgan fingerprint density at radius 3 is 2.53 bits per heavy atom. The van der Waals surface area contributed by atoms with Crippen molar-refractivity contribution in [3.8, 4) is 11.1 Å². The summed E-state index contributed by atoms with van der Waals surface area (Å²) in [5.74, 6) is 0.519. The Labute approximate surface area is 253 Å². The fourth-order valence-electron chi connectivity index (χ4n) is 5.58. The van der Waals surface area contributed by atoms with Gasteiger partial charge in [0.2, 0.25) is 0 Å². The predicted molar refractivity (Wildman–Crippen MR) is 166 cm³/mol. The molecule has 2 aliphatic rings. The maximum atomic E-state index is 14.0. The molecule has 0 radical (unpaired) electrons. The van der Waals surface area contributed by atoms with Gasteiger partial charge < -0.3 is 34.6 Å². The Hall–Kier alpha value is -3.99. The summed E-state index contributed by atoms with van der Waals surface area (Å²) in [5, 5.41) is 13.1. The molecule has 10 nitrogen and oxygen atoms in total. The van der Waals surface area contributed by atoms with E-state index in [1.54, 1.807) is 29.1 Å². The van der Waals surface area contributed by atoms with Crippen LogP contribution in [-0.4, -0.2) is 97.0 Å².